The third-order valence-electron chi connectivity index (χ3n) is 6.99. The van der Waals surface area contributed by atoms with Crippen LogP contribution in [-0.4, -0.2) is 0 Å². The van der Waals surface area contributed by atoms with Crippen LogP contribution < -0.4 is 0 Å². The molecule has 0 aromatic heterocycles. The maximum absolute atomic E-state index is 14.7. The van der Waals surface area contributed by atoms with Crippen molar-refractivity contribution in [2.24, 2.45) is 0 Å². The van der Waals surface area contributed by atoms with E-state index in [4.69, 9.17) is 10.5 Å². The number of nitrogens with zero attached hydrogens (tertiary/aromatic N) is 2. The van der Waals surface area contributed by atoms with E-state index >= 15 is 0 Å². The molecule has 40 heavy (non-hydrogen) atoms. The lowest BCUT2D eigenvalue weighted by molar-refractivity contribution is 0.571. The van der Waals surface area contributed by atoms with Gasteiger partial charge < -0.3 is 0 Å². The van der Waals surface area contributed by atoms with E-state index < -0.39 is 23.3 Å². The summed E-state index contributed by atoms with van der Waals surface area (Å²) in [4.78, 5) is 0. The third-order valence-corrected chi connectivity index (χ3v) is 6.99. The normalized spacial score (nSPS) is 10.8. The minimum atomic E-state index is -0.613. The molecule has 0 saturated carbocycles. The fraction of sp³-hybridized carbons (Fsp3) is 0.235. The first-order valence-electron chi connectivity index (χ1n) is 13.4. The van der Waals surface area contributed by atoms with Gasteiger partial charge in [-0.1, -0.05) is 49.9 Å². The Hall–Kier alpha value is -4.42. The molecule has 0 saturated heterocycles. The number of nitriles is 2. The second-order valence-corrected chi connectivity index (χ2v) is 9.87. The Morgan fingerprint density at radius 2 is 0.750 bits per heavy atom. The fourth-order valence-corrected chi connectivity index (χ4v) is 4.88. The van der Waals surface area contributed by atoms with Crippen molar-refractivity contribution in [3.63, 3.8) is 0 Å². The number of rotatable bonds is 11. The first-order chi connectivity index (χ1) is 19.4. The number of halogens is 4. The Balaban J connectivity index is 1.19. The van der Waals surface area contributed by atoms with Gasteiger partial charge in [0.05, 0.1) is 34.4 Å². The van der Waals surface area contributed by atoms with E-state index in [1.807, 2.05) is 12.1 Å². The van der Waals surface area contributed by atoms with Crippen molar-refractivity contribution >= 4 is 0 Å². The van der Waals surface area contributed by atoms with Crippen LogP contribution in [0.5, 0.6) is 0 Å². The Bertz CT molecular complexity index is 1380. The second kappa shape index (κ2) is 13.6. The number of hydrogen-bond acceptors (Lipinski definition) is 2. The van der Waals surface area contributed by atoms with Crippen LogP contribution in [0.4, 0.5) is 17.6 Å². The Kier molecular flexibility index (Phi) is 9.71. The maximum atomic E-state index is 14.7. The van der Waals surface area contributed by atoms with Gasteiger partial charge in [0, 0.05) is 0 Å². The van der Waals surface area contributed by atoms with Crippen molar-refractivity contribution in [2.45, 2.75) is 51.4 Å². The van der Waals surface area contributed by atoms with Crippen LogP contribution in [0.15, 0.2) is 72.8 Å². The van der Waals surface area contributed by atoms with Crippen LogP contribution in [0.3, 0.4) is 0 Å². The van der Waals surface area contributed by atoms with Crippen molar-refractivity contribution in [2.75, 3.05) is 0 Å². The lowest BCUT2D eigenvalue weighted by Crippen LogP contribution is -1.96. The smallest absolute Gasteiger partial charge is 0.134 e. The molecule has 202 valence electrons. The molecule has 0 radical (unpaired) electrons. The number of unbranched alkanes of at least 4 members (excludes halogenated alkanes) is 5. The molecule has 4 aromatic carbocycles. The average Bonchev–Trinajstić information content (AvgIpc) is 2.94. The highest BCUT2D eigenvalue weighted by Crippen LogP contribution is 2.29. The Morgan fingerprint density at radius 1 is 0.450 bits per heavy atom. The highest BCUT2D eigenvalue weighted by molar-refractivity contribution is 5.67. The molecule has 0 aliphatic carbocycles. The summed E-state index contributed by atoms with van der Waals surface area (Å²) in [6.45, 7) is 0. The average molecular weight is 541 g/mol. The summed E-state index contributed by atoms with van der Waals surface area (Å²) in [6.07, 6.45) is 6.54. The summed E-state index contributed by atoms with van der Waals surface area (Å²) < 4.78 is 58.6. The molecule has 4 rings (SSSR count). The lowest BCUT2D eigenvalue weighted by atomic mass is 9.98. The molecule has 0 heterocycles. The largest absolute Gasteiger partial charge is 0.206 e. The first kappa shape index (κ1) is 28.6. The molecule has 0 bridgehead atoms. The number of hydrogen-bond donors (Lipinski definition) is 0. The molecule has 2 nitrogen and oxygen atoms in total. The number of benzene rings is 4. The highest BCUT2D eigenvalue weighted by Gasteiger charge is 2.15. The van der Waals surface area contributed by atoms with Crippen LogP contribution in [0, 0.1) is 45.9 Å². The van der Waals surface area contributed by atoms with Gasteiger partial charge in [-0.25, -0.2) is 17.6 Å². The zero-order valence-electron chi connectivity index (χ0n) is 22.0. The maximum Gasteiger partial charge on any atom is 0.134 e. The summed E-state index contributed by atoms with van der Waals surface area (Å²) in [6, 6.07) is 21.8. The van der Waals surface area contributed by atoms with Gasteiger partial charge in [-0.2, -0.15) is 10.5 Å². The van der Waals surface area contributed by atoms with Crippen molar-refractivity contribution in [1.29, 1.82) is 10.5 Å². The topological polar surface area (TPSA) is 47.6 Å². The van der Waals surface area contributed by atoms with Crippen LogP contribution in [0.2, 0.25) is 0 Å². The monoisotopic (exact) mass is 540 g/mol. The highest BCUT2D eigenvalue weighted by atomic mass is 19.1. The van der Waals surface area contributed by atoms with E-state index in [-0.39, 0.29) is 11.1 Å². The number of aryl methyl sites for hydroxylation is 2. The third kappa shape index (κ3) is 7.16. The quantitative estimate of drug-likeness (QED) is 0.141. The lowest BCUT2D eigenvalue weighted by Gasteiger charge is -2.09. The van der Waals surface area contributed by atoms with Gasteiger partial charge in [0.25, 0.3) is 0 Å². The molecule has 0 unspecified atom stereocenters. The molecule has 0 N–H and O–H groups in total. The minimum Gasteiger partial charge on any atom is -0.206 e. The molecule has 0 amide bonds. The predicted molar refractivity (Wildman–Crippen MR) is 148 cm³/mol. The van der Waals surface area contributed by atoms with Gasteiger partial charge in [-0.3, -0.25) is 0 Å². The molecular weight excluding hydrogens is 512 g/mol. The molecular formula is C34H28F4N2. The molecule has 6 heteroatoms. The van der Waals surface area contributed by atoms with Gasteiger partial charge in [0.2, 0.25) is 0 Å². The van der Waals surface area contributed by atoms with Crippen molar-refractivity contribution < 1.29 is 17.6 Å². The van der Waals surface area contributed by atoms with Gasteiger partial charge >= 0.3 is 0 Å². The summed E-state index contributed by atoms with van der Waals surface area (Å²) >= 11 is 0. The van der Waals surface area contributed by atoms with E-state index in [2.05, 4.69) is 0 Å². The molecule has 0 aliphatic heterocycles. The van der Waals surface area contributed by atoms with Gasteiger partial charge in [0.1, 0.15) is 23.3 Å². The zero-order chi connectivity index (χ0) is 28.5. The van der Waals surface area contributed by atoms with Crippen LogP contribution in [0.1, 0.15) is 60.8 Å². The van der Waals surface area contributed by atoms with Crippen LogP contribution in [0.25, 0.3) is 22.3 Å². The van der Waals surface area contributed by atoms with E-state index in [0.29, 0.717) is 46.2 Å². The first-order valence-corrected chi connectivity index (χ1v) is 13.4. The zero-order valence-corrected chi connectivity index (χ0v) is 22.0. The van der Waals surface area contributed by atoms with Crippen molar-refractivity contribution in [1.82, 2.24) is 0 Å². The summed E-state index contributed by atoms with van der Waals surface area (Å²) in [5, 5.41) is 17.8. The fourth-order valence-electron chi connectivity index (χ4n) is 4.88. The Morgan fingerprint density at radius 3 is 1.05 bits per heavy atom. The van der Waals surface area contributed by atoms with Crippen LogP contribution in [-0.2, 0) is 12.8 Å². The van der Waals surface area contributed by atoms with Crippen molar-refractivity contribution in [3.05, 3.63) is 118 Å². The standard InChI is InChI=1S/C34H28F4N2/c35-29-17-25(18-30(36)33(29)27-13-9-23(21-39)10-14-27)7-5-3-1-2-4-6-8-26-19-31(37)34(32(38)20-26)28-15-11-24(22-40)12-16-28/h9-20H,1-8H2. The van der Waals surface area contributed by atoms with E-state index in [0.717, 1.165) is 38.5 Å². The molecule has 0 aliphatic rings. The van der Waals surface area contributed by atoms with Gasteiger partial charge in [-0.15, -0.1) is 0 Å². The summed E-state index contributed by atoms with van der Waals surface area (Å²) in [7, 11) is 0. The second-order valence-electron chi connectivity index (χ2n) is 9.87. The van der Waals surface area contributed by atoms with Crippen molar-refractivity contribution in [3.8, 4) is 34.4 Å². The molecule has 0 spiro atoms. The summed E-state index contributed by atoms with van der Waals surface area (Å²) in [5.41, 5.74) is 2.70. The van der Waals surface area contributed by atoms with E-state index in [9.17, 15) is 17.6 Å². The van der Waals surface area contributed by atoms with Gasteiger partial charge in [-0.05, 0) is 96.5 Å². The van der Waals surface area contributed by atoms with Crippen LogP contribution >= 0.6 is 0 Å². The SMILES string of the molecule is N#Cc1ccc(-c2c(F)cc(CCCCCCCCc3cc(F)c(-c4ccc(C#N)cc4)c(F)c3)cc2F)cc1. The van der Waals surface area contributed by atoms with E-state index in [1.54, 1.807) is 24.3 Å². The summed E-state index contributed by atoms with van der Waals surface area (Å²) in [5.74, 6) is -2.45. The van der Waals surface area contributed by atoms with Gasteiger partial charge in [0.15, 0.2) is 0 Å². The predicted octanol–water partition coefficient (Wildman–Crippen LogP) is 9.45. The van der Waals surface area contributed by atoms with E-state index in [1.165, 1.54) is 48.5 Å². The Labute approximate surface area is 232 Å². The minimum absolute atomic E-state index is 0.0862. The molecule has 0 atom stereocenters. The molecule has 0 fully saturated rings. The molecule has 4 aromatic rings.